The first-order valence-corrected chi connectivity index (χ1v) is 6.20. The van der Waals surface area contributed by atoms with Gasteiger partial charge in [-0.15, -0.1) is 0 Å². The molecule has 0 spiro atoms. The number of morpholine rings is 1. The van der Waals surface area contributed by atoms with Gasteiger partial charge < -0.3 is 9.84 Å². The number of hydrogen-bond acceptors (Lipinski definition) is 3. The zero-order valence-electron chi connectivity index (χ0n) is 10.3. The second kappa shape index (κ2) is 6.86. The summed E-state index contributed by atoms with van der Waals surface area (Å²) in [5, 5.41) is 8.71. The van der Waals surface area contributed by atoms with Crippen molar-refractivity contribution in [2.45, 2.75) is 51.6 Å². The molecule has 94 valence electrons. The Balaban J connectivity index is 2.46. The number of carbonyl (C=O) groups is 1. The van der Waals surface area contributed by atoms with Gasteiger partial charge in [-0.05, 0) is 19.8 Å². The van der Waals surface area contributed by atoms with E-state index in [-0.39, 0.29) is 12.5 Å². The van der Waals surface area contributed by atoms with Gasteiger partial charge in [0.05, 0.1) is 13.2 Å². The predicted molar refractivity (Wildman–Crippen MR) is 62.6 cm³/mol. The molecular formula is C12H23NO3. The Morgan fingerprint density at radius 1 is 1.62 bits per heavy atom. The monoisotopic (exact) mass is 229 g/mol. The Hall–Kier alpha value is -0.610. The van der Waals surface area contributed by atoms with E-state index in [4.69, 9.17) is 9.84 Å². The molecular weight excluding hydrogens is 206 g/mol. The Morgan fingerprint density at radius 2 is 2.38 bits per heavy atom. The average molecular weight is 229 g/mol. The number of aliphatic carboxylic acids is 1. The van der Waals surface area contributed by atoms with Crippen molar-refractivity contribution >= 4 is 5.97 Å². The minimum atomic E-state index is -0.714. The Labute approximate surface area is 97.6 Å². The van der Waals surface area contributed by atoms with Gasteiger partial charge >= 0.3 is 5.97 Å². The van der Waals surface area contributed by atoms with Crippen molar-refractivity contribution in [3.05, 3.63) is 0 Å². The summed E-state index contributed by atoms with van der Waals surface area (Å²) >= 11 is 0. The molecule has 0 aromatic heterocycles. The maximum absolute atomic E-state index is 10.6. The summed E-state index contributed by atoms with van der Waals surface area (Å²) in [6.07, 6.45) is 3.28. The molecule has 1 aliphatic heterocycles. The zero-order valence-corrected chi connectivity index (χ0v) is 10.3. The molecule has 0 radical (unpaired) electrons. The molecule has 4 nitrogen and oxygen atoms in total. The van der Waals surface area contributed by atoms with Crippen molar-refractivity contribution in [2.24, 2.45) is 0 Å². The first-order chi connectivity index (χ1) is 7.65. The minimum Gasteiger partial charge on any atom is -0.481 e. The molecule has 4 heteroatoms. The van der Waals surface area contributed by atoms with E-state index in [0.717, 1.165) is 13.2 Å². The van der Waals surface area contributed by atoms with Crippen LogP contribution < -0.4 is 0 Å². The molecule has 2 atom stereocenters. The second-order valence-electron chi connectivity index (χ2n) is 4.54. The van der Waals surface area contributed by atoms with Gasteiger partial charge in [0.25, 0.3) is 0 Å². The summed E-state index contributed by atoms with van der Waals surface area (Å²) in [6, 6.07) is 0.819. The Kier molecular flexibility index (Phi) is 5.77. The summed E-state index contributed by atoms with van der Waals surface area (Å²) in [5.41, 5.74) is 0. The van der Waals surface area contributed by atoms with Crippen LogP contribution in [0.4, 0.5) is 0 Å². The fraction of sp³-hybridized carbons (Fsp3) is 0.917. The Bertz CT molecular complexity index is 220. The highest BCUT2D eigenvalue weighted by atomic mass is 16.5. The number of carboxylic acids is 1. The normalized spacial score (nSPS) is 24.2. The van der Waals surface area contributed by atoms with Gasteiger partial charge in [-0.25, -0.2) is 0 Å². The van der Waals surface area contributed by atoms with Crippen LogP contribution in [0.5, 0.6) is 0 Å². The lowest BCUT2D eigenvalue weighted by atomic mass is 10.0. The summed E-state index contributed by atoms with van der Waals surface area (Å²) < 4.78 is 5.44. The van der Waals surface area contributed by atoms with Crippen molar-refractivity contribution in [3.63, 3.8) is 0 Å². The second-order valence-corrected chi connectivity index (χ2v) is 4.54. The SMILES string of the molecule is CCCC(C)N1CCOC[C@@H]1CCC(=O)O. The molecule has 0 amide bonds. The van der Waals surface area contributed by atoms with E-state index >= 15 is 0 Å². The zero-order chi connectivity index (χ0) is 12.0. The first kappa shape index (κ1) is 13.5. The third-order valence-electron chi connectivity index (χ3n) is 3.24. The van der Waals surface area contributed by atoms with E-state index in [2.05, 4.69) is 18.7 Å². The lowest BCUT2D eigenvalue weighted by Crippen LogP contribution is -2.49. The molecule has 0 aromatic carbocycles. The van der Waals surface area contributed by atoms with E-state index in [1.807, 2.05) is 0 Å². The number of ether oxygens (including phenoxy) is 1. The minimum absolute atomic E-state index is 0.239. The van der Waals surface area contributed by atoms with Crippen LogP contribution in [0.1, 0.15) is 39.5 Å². The molecule has 0 saturated carbocycles. The van der Waals surface area contributed by atoms with E-state index in [0.29, 0.717) is 19.1 Å². The van der Waals surface area contributed by atoms with Crippen molar-refractivity contribution in [1.82, 2.24) is 4.90 Å². The smallest absolute Gasteiger partial charge is 0.303 e. The standard InChI is InChI=1S/C12H23NO3/c1-3-4-10(2)13-7-8-16-9-11(13)5-6-12(14)15/h10-11H,3-9H2,1-2H3,(H,14,15)/t10?,11-/m0/s1. The maximum atomic E-state index is 10.6. The van der Waals surface area contributed by atoms with E-state index < -0.39 is 5.97 Å². The highest BCUT2D eigenvalue weighted by molar-refractivity contribution is 5.66. The molecule has 1 N–H and O–H groups in total. The van der Waals surface area contributed by atoms with Crippen molar-refractivity contribution in [3.8, 4) is 0 Å². The van der Waals surface area contributed by atoms with Gasteiger partial charge in [-0.1, -0.05) is 13.3 Å². The van der Waals surface area contributed by atoms with Gasteiger partial charge in [-0.2, -0.15) is 0 Å². The lowest BCUT2D eigenvalue weighted by Gasteiger charge is -2.39. The van der Waals surface area contributed by atoms with Gasteiger partial charge in [-0.3, -0.25) is 9.69 Å². The van der Waals surface area contributed by atoms with Gasteiger partial charge in [0.1, 0.15) is 0 Å². The predicted octanol–water partition coefficient (Wildman–Crippen LogP) is 1.74. The molecule has 1 saturated heterocycles. The fourth-order valence-electron chi connectivity index (χ4n) is 2.37. The number of rotatable bonds is 6. The summed E-state index contributed by atoms with van der Waals surface area (Å²) in [4.78, 5) is 13.0. The number of hydrogen-bond donors (Lipinski definition) is 1. The van der Waals surface area contributed by atoms with Crippen molar-refractivity contribution in [2.75, 3.05) is 19.8 Å². The molecule has 1 heterocycles. The van der Waals surface area contributed by atoms with Crippen LogP contribution in [0.2, 0.25) is 0 Å². The summed E-state index contributed by atoms with van der Waals surface area (Å²) in [7, 11) is 0. The lowest BCUT2D eigenvalue weighted by molar-refractivity contribution is -0.137. The van der Waals surface area contributed by atoms with Crippen molar-refractivity contribution < 1.29 is 14.6 Å². The molecule has 1 aliphatic rings. The van der Waals surface area contributed by atoms with Crippen LogP contribution in [-0.2, 0) is 9.53 Å². The van der Waals surface area contributed by atoms with Gasteiger partial charge in [0.15, 0.2) is 0 Å². The van der Waals surface area contributed by atoms with Gasteiger partial charge in [0.2, 0.25) is 0 Å². The average Bonchev–Trinajstić information content (AvgIpc) is 2.27. The third-order valence-corrected chi connectivity index (χ3v) is 3.24. The highest BCUT2D eigenvalue weighted by Gasteiger charge is 2.26. The fourth-order valence-corrected chi connectivity index (χ4v) is 2.37. The number of carboxylic acid groups (broad SMARTS) is 1. The van der Waals surface area contributed by atoms with E-state index in [1.165, 1.54) is 12.8 Å². The molecule has 0 bridgehead atoms. The van der Waals surface area contributed by atoms with Crippen molar-refractivity contribution in [1.29, 1.82) is 0 Å². The largest absolute Gasteiger partial charge is 0.481 e. The molecule has 16 heavy (non-hydrogen) atoms. The number of nitrogens with zero attached hydrogens (tertiary/aromatic N) is 1. The maximum Gasteiger partial charge on any atom is 0.303 e. The van der Waals surface area contributed by atoms with Crippen LogP contribution in [0.3, 0.4) is 0 Å². The molecule has 1 rings (SSSR count). The highest BCUT2D eigenvalue weighted by Crippen LogP contribution is 2.18. The summed E-state index contributed by atoms with van der Waals surface area (Å²) in [5.74, 6) is -0.714. The third kappa shape index (κ3) is 4.10. The summed E-state index contributed by atoms with van der Waals surface area (Å²) in [6.45, 7) is 6.80. The molecule has 1 unspecified atom stereocenters. The Morgan fingerprint density at radius 3 is 3.00 bits per heavy atom. The van der Waals surface area contributed by atoms with Crippen LogP contribution in [0.15, 0.2) is 0 Å². The van der Waals surface area contributed by atoms with Crippen LogP contribution in [-0.4, -0.2) is 47.8 Å². The van der Waals surface area contributed by atoms with Crippen LogP contribution in [0.25, 0.3) is 0 Å². The van der Waals surface area contributed by atoms with Crippen LogP contribution >= 0.6 is 0 Å². The van der Waals surface area contributed by atoms with Gasteiger partial charge in [0, 0.05) is 25.0 Å². The van der Waals surface area contributed by atoms with Crippen LogP contribution in [0, 0.1) is 0 Å². The topological polar surface area (TPSA) is 49.8 Å². The van der Waals surface area contributed by atoms with E-state index in [9.17, 15) is 4.79 Å². The van der Waals surface area contributed by atoms with E-state index in [1.54, 1.807) is 0 Å². The quantitative estimate of drug-likeness (QED) is 0.753. The molecule has 0 aliphatic carbocycles. The molecule has 0 aromatic rings. The molecule has 1 fully saturated rings. The first-order valence-electron chi connectivity index (χ1n) is 6.20.